The maximum Gasteiger partial charge on any atom is 0.417 e. The third-order valence-corrected chi connectivity index (χ3v) is 10.6. The molecule has 2 atom stereocenters. The lowest BCUT2D eigenvalue weighted by Gasteiger charge is -2.38. The van der Waals surface area contributed by atoms with Gasteiger partial charge in [0, 0.05) is 41.2 Å². The number of nitrogens with one attached hydrogen (secondary N) is 1. The lowest BCUT2D eigenvalue weighted by atomic mass is 9.72. The first-order valence-electron chi connectivity index (χ1n) is 18.5. The molecule has 0 fully saturated rings. The number of aromatic nitrogens is 2. The Hall–Kier alpha value is -5.01. The first-order valence-corrected chi connectivity index (χ1v) is 18.5. The second-order valence-electron chi connectivity index (χ2n) is 16.2. The molecular formula is C45H46F8N2O3. The van der Waals surface area contributed by atoms with Crippen LogP contribution >= 0.6 is 0 Å². The van der Waals surface area contributed by atoms with Crippen molar-refractivity contribution in [1.82, 2.24) is 9.97 Å². The van der Waals surface area contributed by atoms with Crippen molar-refractivity contribution in [2.24, 2.45) is 0 Å². The number of rotatable bonds is 11. The summed E-state index contributed by atoms with van der Waals surface area (Å²) >= 11 is 0. The van der Waals surface area contributed by atoms with Gasteiger partial charge >= 0.3 is 12.4 Å². The lowest BCUT2D eigenvalue weighted by Crippen LogP contribution is -2.51. The van der Waals surface area contributed by atoms with Crippen LogP contribution in [-0.4, -0.2) is 50.8 Å². The van der Waals surface area contributed by atoms with Crippen LogP contribution < -0.4 is 4.74 Å². The molecule has 2 aromatic heterocycles. The van der Waals surface area contributed by atoms with Crippen molar-refractivity contribution in [3.8, 4) is 5.75 Å². The lowest BCUT2D eigenvalue weighted by molar-refractivity contribution is -0.266. The maximum absolute atomic E-state index is 14.1. The molecule has 310 valence electrons. The van der Waals surface area contributed by atoms with Crippen LogP contribution in [0.25, 0.3) is 21.7 Å². The van der Waals surface area contributed by atoms with E-state index >= 15 is 0 Å². The van der Waals surface area contributed by atoms with Crippen molar-refractivity contribution in [2.45, 2.75) is 94.7 Å². The van der Waals surface area contributed by atoms with Crippen LogP contribution in [0.1, 0.15) is 68.6 Å². The van der Waals surface area contributed by atoms with Gasteiger partial charge in [0.2, 0.25) is 0 Å². The fourth-order valence-corrected chi connectivity index (χ4v) is 7.85. The van der Waals surface area contributed by atoms with Gasteiger partial charge in [0.15, 0.2) is 11.2 Å². The van der Waals surface area contributed by atoms with Gasteiger partial charge in [0.25, 0.3) is 0 Å². The molecule has 6 aromatic rings. The number of hydrogen-bond acceptors (Lipinski definition) is 4. The van der Waals surface area contributed by atoms with Crippen LogP contribution in [-0.2, 0) is 23.7 Å². The van der Waals surface area contributed by atoms with Crippen molar-refractivity contribution in [2.75, 3.05) is 7.11 Å². The molecule has 0 saturated carbocycles. The molecule has 0 aliphatic carbocycles. The van der Waals surface area contributed by atoms with E-state index in [0.29, 0.717) is 27.7 Å². The number of para-hydroxylation sites is 1. The molecule has 3 N–H and O–H groups in total. The molecule has 0 bridgehead atoms. The fraction of sp³-hybridized carbons (Fsp3) is 0.356. The van der Waals surface area contributed by atoms with Crippen molar-refractivity contribution in [3.05, 3.63) is 143 Å². The number of H-pyrrole nitrogens is 1. The standard InChI is InChI=1S/C23H23F4NO2.C22H23F4NO/c1-21(2,18-12-16(24)8-9-20(18)30-3)14-22(29,23(25,26)27)13-19-17-7-5-4-6-15(17)10-11-28-19;1-14-8-9-16(23)11-18(14)20(2,3)13-21(28,22(24,25)26)12-17-10-15-6-4-5-7-19(15)27-17/h4-12,29H,13-14H2,1-3H3;4-11,27-28H,12-13H2,1-3H3. The number of hydrogen-bond donors (Lipinski definition) is 3. The second kappa shape index (κ2) is 16.3. The Morgan fingerprint density at radius 1 is 0.638 bits per heavy atom. The average Bonchev–Trinajstić information content (AvgIpc) is 3.53. The number of pyridine rings is 1. The zero-order valence-corrected chi connectivity index (χ0v) is 32.9. The summed E-state index contributed by atoms with van der Waals surface area (Å²) < 4.78 is 117. The van der Waals surface area contributed by atoms with E-state index in [9.17, 15) is 45.3 Å². The van der Waals surface area contributed by atoms with Gasteiger partial charge in [-0.1, -0.05) is 76.2 Å². The topological polar surface area (TPSA) is 78.4 Å². The Morgan fingerprint density at radius 3 is 1.78 bits per heavy atom. The number of fused-ring (bicyclic) bond motifs is 2. The van der Waals surface area contributed by atoms with Crippen LogP contribution in [0.4, 0.5) is 35.1 Å². The smallest absolute Gasteiger partial charge is 0.417 e. The number of aromatic amines is 1. The number of aliphatic hydroxyl groups is 2. The SMILES string of the molecule is COc1ccc(F)cc1C(C)(C)CC(O)(Cc1nccc2ccccc12)C(F)(F)F.Cc1ccc(F)cc1C(C)(C)CC(O)(Cc1cc2ccccc2[nH]1)C(F)(F)F. The summed E-state index contributed by atoms with van der Waals surface area (Å²) in [4.78, 5) is 7.06. The zero-order chi connectivity index (χ0) is 42.9. The van der Waals surface area contributed by atoms with E-state index in [4.69, 9.17) is 4.74 Å². The van der Waals surface area contributed by atoms with Gasteiger partial charge in [-0.3, -0.25) is 4.98 Å². The Kier molecular flexibility index (Phi) is 12.4. The van der Waals surface area contributed by atoms with Gasteiger partial charge in [-0.2, -0.15) is 26.3 Å². The summed E-state index contributed by atoms with van der Waals surface area (Å²) in [6, 6.07) is 25.1. The molecule has 4 aromatic carbocycles. The van der Waals surface area contributed by atoms with Crippen molar-refractivity contribution in [1.29, 1.82) is 0 Å². The molecule has 0 aliphatic heterocycles. The first kappa shape index (κ1) is 44.1. The molecule has 0 aliphatic rings. The zero-order valence-electron chi connectivity index (χ0n) is 32.9. The normalized spacial score (nSPS) is 14.8. The first-order chi connectivity index (χ1) is 26.9. The second-order valence-corrected chi connectivity index (χ2v) is 16.2. The minimum Gasteiger partial charge on any atom is -0.496 e. The van der Waals surface area contributed by atoms with E-state index in [1.54, 1.807) is 81.4 Å². The quantitative estimate of drug-likeness (QED) is 0.114. The highest BCUT2D eigenvalue weighted by Crippen LogP contribution is 2.46. The van der Waals surface area contributed by atoms with Gasteiger partial charge in [-0.15, -0.1) is 0 Å². The molecule has 6 rings (SSSR count). The van der Waals surface area contributed by atoms with E-state index in [-0.39, 0.29) is 17.0 Å². The van der Waals surface area contributed by atoms with Crippen molar-refractivity contribution in [3.63, 3.8) is 0 Å². The van der Waals surface area contributed by atoms with Crippen LogP contribution in [0.15, 0.2) is 103 Å². The molecule has 0 amide bonds. The van der Waals surface area contributed by atoms with E-state index in [1.807, 2.05) is 0 Å². The summed E-state index contributed by atoms with van der Waals surface area (Å²) in [5.74, 6) is -0.848. The van der Waals surface area contributed by atoms with Crippen molar-refractivity contribution >= 4 is 21.7 Å². The summed E-state index contributed by atoms with van der Waals surface area (Å²) in [5.41, 5.74) is -5.84. The van der Waals surface area contributed by atoms with Gasteiger partial charge in [-0.05, 0) is 101 Å². The number of aryl methyl sites for hydroxylation is 1. The molecule has 13 heteroatoms. The summed E-state index contributed by atoms with van der Waals surface area (Å²) in [6.07, 6.45) is -11.0. The van der Waals surface area contributed by atoms with E-state index in [2.05, 4.69) is 9.97 Å². The van der Waals surface area contributed by atoms with Gasteiger partial charge in [-0.25, -0.2) is 8.78 Å². The molecule has 0 radical (unpaired) electrons. The summed E-state index contributed by atoms with van der Waals surface area (Å²) in [5, 5.41) is 23.7. The largest absolute Gasteiger partial charge is 0.496 e. The molecule has 2 heterocycles. The molecule has 2 unspecified atom stereocenters. The summed E-state index contributed by atoms with van der Waals surface area (Å²) in [6.45, 7) is 7.96. The van der Waals surface area contributed by atoms with Crippen LogP contribution in [0.5, 0.6) is 5.75 Å². The minimum atomic E-state index is -4.93. The average molecular weight is 815 g/mol. The number of nitrogens with zero attached hydrogens (tertiary/aromatic N) is 1. The third kappa shape index (κ3) is 9.64. The number of methoxy groups -OCH3 is 1. The summed E-state index contributed by atoms with van der Waals surface area (Å²) in [7, 11) is 1.36. The predicted octanol–water partition coefficient (Wildman–Crippen LogP) is 11.4. The highest BCUT2D eigenvalue weighted by Gasteiger charge is 2.57. The maximum atomic E-state index is 14.1. The molecule has 58 heavy (non-hydrogen) atoms. The number of halogens is 8. The third-order valence-electron chi connectivity index (χ3n) is 10.6. The van der Waals surface area contributed by atoms with Crippen LogP contribution in [0.2, 0.25) is 0 Å². The predicted molar refractivity (Wildman–Crippen MR) is 209 cm³/mol. The Balaban J connectivity index is 0.000000221. The molecule has 0 spiro atoms. The number of benzene rings is 4. The molecule has 5 nitrogen and oxygen atoms in total. The van der Waals surface area contributed by atoms with Gasteiger partial charge in [0.05, 0.1) is 12.8 Å². The van der Waals surface area contributed by atoms with E-state index < -0.39 is 71.7 Å². The Bertz CT molecular complexity index is 2330. The highest BCUT2D eigenvalue weighted by atomic mass is 19.4. The Morgan fingerprint density at radius 2 is 1.17 bits per heavy atom. The number of ether oxygens (including phenoxy) is 1. The molecular weight excluding hydrogens is 768 g/mol. The van der Waals surface area contributed by atoms with Crippen LogP contribution in [0.3, 0.4) is 0 Å². The monoisotopic (exact) mass is 814 g/mol. The van der Waals surface area contributed by atoms with Crippen molar-refractivity contribution < 1.29 is 50.1 Å². The van der Waals surface area contributed by atoms with E-state index in [1.165, 1.54) is 57.5 Å². The number of alkyl halides is 6. The van der Waals surface area contributed by atoms with Crippen LogP contribution in [0, 0.1) is 18.6 Å². The highest BCUT2D eigenvalue weighted by molar-refractivity contribution is 5.84. The van der Waals surface area contributed by atoms with Gasteiger partial charge < -0.3 is 19.9 Å². The molecule has 0 saturated heterocycles. The Labute approximate surface area is 331 Å². The minimum absolute atomic E-state index is 0.148. The van der Waals surface area contributed by atoms with E-state index in [0.717, 1.165) is 16.8 Å². The fourth-order valence-electron chi connectivity index (χ4n) is 7.85. The van der Waals surface area contributed by atoms with Gasteiger partial charge in [0.1, 0.15) is 17.4 Å².